The molecule has 0 aromatic carbocycles. The van der Waals surface area contributed by atoms with Gasteiger partial charge in [0.25, 0.3) is 5.91 Å². The largest absolute Gasteiger partial charge is 0.346 e. The summed E-state index contributed by atoms with van der Waals surface area (Å²) < 4.78 is 0. The first kappa shape index (κ1) is 31.3. The number of hydrogen-bond acceptors (Lipinski definition) is 5. The maximum absolute atomic E-state index is 13.9. The van der Waals surface area contributed by atoms with Gasteiger partial charge in [-0.25, -0.2) is 4.79 Å². The van der Waals surface area contributed by atoms with Gasteiger partial charge in [0.1, 0.15) is 12.1 Å². The van der Waals surface area contributed by atoms with Gasteiger partial charge < -0.3 is 26.2 Å². The second-order valence-corrected chi connectivity index (χ2v) is 13.2. The number of amides is 5. The third-order valence-corrected chi connectivity index (χ3v) is 7.48. The van der Waals surface area contributed by atoms with Crippen LogP contribution in [0.5, 0.6) is 0 Å². The molecular formula is C28H47N5O5. The Morgan fingerprint density at radius 3 is 2.16 bits per heavy atom. The predicted octanol–water partition coefficient (Wildman–Crippen LogP) is 2.14. The normalized spacial score (nSPS) is 23.4. The summed E-state index contributed by atoms with van der Waals surface area (Å²) in [7, 11) is 0. The van der Waals surface area contributed by atoms with Crippen molar-refractivity contribution in [2.24, 2.45) is 22.7 Å². The first-order chi connectivity index (χ1) is 17.4. The molecule has 1 aliphatic heterocycles. The van der Waals surface area contributed by atoms with Gasteiger partial charge in [-0.2, -0.15) is 0 Å². The number of hydrogen-bond donors (Lipinski definition) is 4. The molecule has 2 fully saturated rings. The molecule has 5 amide bonds. The fourth-order valence-electron chi connectivity index (χ4n) is 5.36. The van der Waals surface area contributed by atoms with E-state index < -0.39 is 52.7 Å². The SMILES string of the molecule is C=CCNC(=O)C(=O)[C@@H](CCC)NC(=O)[C@@H]1[C@@H]2C(CN1C(=O)[C@@H](NC(=O)NC(C)(C)C)C(C)(C)C)C2(C)C. The second-order valence-electron chi connectivity index (χ2n) is 13.2. The molecule has 0 aromatic heterocycles. The van der Waals surface area contributed by atoms with Gasteiger partial charge in [-0.1, -0.05) is 54.0 Å². The number of ketones is 1. The number of rotatable bonds is 10. The predicted molar refractivity (Wildman–Crippen MR) is 146 cm³/mol. The van der Waals surface area contributed by atoms with Crippen molar-refractivity contribution in [2.75, 3.05) is 13.1 Å². The van der Waals surface area contributed by atoms with Gasteiger partial charge in [0, 0.05) is 18.6 Å². The fraction of sp³-hybridized carbons (Fsp3) is 0.750. The van der Waals surface area contributed by atoms with E-state index in [1.54, 1.807) is 4.90 Å². The molecule has 0 spiro atoms. The number of urea groups is 1. The minimum Gasteiger partial charge on any atom is -0.346 e. The molecular weight excluding hydrogens is 486 g/mol. The molecule has 1 heterocycles. The van der Waals surface area contributed by atoms with Crippen molar-refractivity contribution in [1.29, 1.82) is 0 Å². The lowest BCUT2D eigenvalue weighted by atomic mass is 9.85. The molecule has 2 aliphatic rings. The van der Waals surface area contributed by atoms with Gasteiger partial charge in [0.15, 0.2) is 0 Å². The summed E-state index contributed by atoms with van der Waals surface area (Å²) in [5.41, 5.74) is -1.26. The molecule has 0 radical (unpaired) electrons. The molecule has 38 heavy (non-hydrogen) atoms. The Hall–Kier alpha value is -2.91. The Kier molecular flexibility index (Phi) is 9.44. The van der Waals surface area contributed by atoms with Crippen LogP contribution in [0.1, 0.15) is 75.2 Å². The van der Waals surface area contributed by atoms with E-state index in [4.69, 9.17) is 0 Å². The van der Waals surface area contributed by atoms with Crippen LogP contribution in [0.3, 0.4) is 0 Å². The van der Waals surface area contributed by atoms with E-state index in [9.17, 15) is 24.0 Å². The fourth-order valence-corrected chi connectivity index (χ4v) is 5.36. The first-order valence-corrected chi connectivity index (χ1v) is 13.5. The number of nitrogens with one attached hydrogen (secondary N) is 4. The highest BCUT2D eigenvalue weighted by Crippen LogP contribution is 2.65. The number of nitrogens with zero attached hydrogens (tertiary/aromatic N) is 1. The van der Waals surface area contributed by atoms with Crippen molar-refractivity contribution in [1.82, 2.24) is 26.2 Å². The van der Waals surface area contributed by atoms with Crippen LogP contribution in [0.2, 0.25) is 0 Å². The Balaban J connectivity index is 2.30. The van der Waals surface area contributed by atoms with Crippen LogP contribution in [-0.2, 0) is 19.2 Å². The van der Waals surface area contributed by atoms with E-state index in [-0.39, 0.29) is 29.7 Å². The van der Waals surface area contributed by atoms with Gasteiger partial charge in [-0.05, 0) is 49.9 Å². The topological polar surface area (TPSA) is 137 Å². The van der Waals surface area contributed by atoms with Gasteiger partial charge in [0.05, 0.1) is 6.04 Å². The lowest BCUT2D eigenvalue weighted by Gasteiger charge is -2.38. The molecule has 1 saturated heterocycles. The number of fused-ring (bicyclic) bond motifs is 1. The van der Waals surface area contributed by atoms with Crippen LogP contribution < -0.4 is 21.3 Å². The minimum absolute atomic E-state index is 0.0811. The van der Waals surface area contributed by atoms with E-state index in [0.29, 0.717) is 19.4 Å². The average Bonchev–Trinajstić information content (AvgIpc) is 3.11. The molecule has 1 aliphatic carbocycles. The standard InChI is InChI=1S/C28H47N5O5/c1-11-13-17(20(34)23(36)29-14-12-2)30-22(35)19-18-16(28(18,9)10)15-33(19)24(37)21(26(3,4)5)31-25(38)32-27(6,7)8/h12,16-19,21H,2,11,13-15H2,1,3-10H3,(H,29,36)(H,30,35)(H2,31,32,38)/t16?,17-,18+,19+,21-/m1/s1. The van der Waals surface area contributed by atoms with E-state index in [0.717, 1.165) is 0 Å². The third-order valence-electron chi connectivity index (χ3n) is 7.48. The third kappa shape index (κ3) is 7.14. The zero-order valence-electron chi connectivity index (χ0n) is 24.5. The molecule has 4 N–H and O–H groups in total. The highest BCUT2D eigenvalue weighted by atomic mass is 16.2. The Bertz CT molecular complexity index is 962. The molecule has 2 rings (SSSR count). The summed E-state index contributed by atoms with van der Waals surface area (Å²) in [5.74, 6) is -2.25. The van der Waals surface area contributed by atoms with Crippen LogP contribution in [0.25, 0.3) is 0 Å². The maximum Gasteiger partial charge on any atom is 0.315 e. The number of carbonyl (C=O) groups excluding carboxylic acids is 5. The van der Waals surface area contributed by atoms with Crippen molar-refractivity contribution in [3.63, 3.8) is 0 Å². The molecule has 0 aromatic rings. The average molecular weight is 534 g/mol. The summed E-state index contributed by atoms with van der Waals surface area (Å²) in [6, 6.07) is -3.14. The first-order valence-electron chi connectivity index (χ1n) is 13.5. The number of Topliss-reactive ketones (excluding diaryl/α,β-unsaturated/α-hetero) is 1. The van der Waals surface area contributed by atoms with E-state index in [1.807, 2.05) is 48.5 Å². The highest BCUT2D eigenvalue weighted by Gasteiger charge is 2.69. The maximum atomic E-state index is 13.9. The molecule has 1 unspecified atom stereocenters. The van der Waals surface area contributed by atoms with Gasteiger partial charge in [0.2, 0.25) is 17.6 Å². The van der Waals surface area contributed by atoms with E-state index >= 15 is 0 Å². The van der Waals surface area contributed by atoms with Crippen LogP contribution >= 0.6 is 0 Å². The summed E-state index contributed by atoms with van der Waals surface area (Å²) in [5, 5.41) is 10.9. The minimum atomic E-state index is -0.996. The quantitative estimate of drug-likeness (QED) is 0.252. The van der Waals surface area contributed by atoms with Crippen LogP contribution in [-0.4, -0.2) is 71.2 Å². The summed E-state index contributed by atoms with van der Waals surface area (Å²) in [6.45, 7) is 21.2. The molecule has 0 bridgehead atoms. The molecule has 214 valence electrons. The summed E-state index contributed by atoms with van der Waals surface area (Å²) >= 11 is 0. The van der Waals surface area contributed by atoms with Crippen molar-refractivity contribution in [2.45, 2.75) is 98.8 Å². The summed E-state index contributed by atoms with van der Waals surface area (Å²) in [4.78, 5) is 67.0. The number of carbonyl (C=O) groups is 5. The van der Waals surface area contributed by atoms with Gasteiger partial charge in [-0.15, -0.1) is 6.58 Å². The molecule has 10 heteroatoms. The summed E-state index contributed by atoms with van der Waals surface area (Å²) in [6.07, 6.45) is 2.34. The smallest absolute Gasteiger partial charge is 0.315 e. The lowest BCUT2D eigenvalue weighted by molar-refractivity contribution is -0.145. The lowest BCUT2D eigenvalue weighted by Crippen LogP contribution is -2.62. The zero-order chi connectivity index (χ0) is 29.2. The van der Waals surface area contributed by atoms with Gasteiger partial charge >= 0.3 is 6.03 Å². The number of piperidine rings is 1. The Morgan fingerprint density at radius 2 is 1.66 bits per heavy atom. The highest BCUT2D eigenvalue weighted by molar-refractivity contribution is 6.38. The second kappa shape index (κ2) is 11.5. The van der Waals surface area contributed by atoms with Crippen molar-refractivity contribution in [3.05, 3.63) is 12.7 Å². The van der Waals surface area contributed by atoms with Crippen LogP contribution in [0.15, 0.2) is 12.7 Å². The Labute approximate surface area is 227 Å². The van der Waals surface area contributed by atoms with E-state index in [1.165, 1.54) is 6.08 Å². The van der Waals surface area contributed by atoms with Crippen LogP contribution in [0, 0.1) is 22.7 Å². The van der Waals surface area contributed by atoms with Crippen LogP contribution in [0.4, 0.5) is 4.79 Å². The van der Waals surface area contributed by atoms with Crippen molar-refractivity contribution >= 4 is 29.5 Å². The zero-order valence-corrected chi connectivity index (χ0v) is 24.5. The Morgan fingerprint density at radius 1 is 1.05 bits per heavy atom. The van der Waals surface area contributed by atoms with E-state index in [2.05, 4.69) is 41.7 Å². The monoisotopic (exact) mass is 533 g/mol. The van der Waals surface area contributed by atoms with Crippen molar-refractivity contribution < 1.29 is 24.0 Å². The molecule has 5 atom stereocenters. The number of likely N-dealkylation sites (tertiary alicyclic amines) is 1. The van der Waals surface area contributed by atoms with Crippen molar-refractivity contribution in [3.8, 4) is 0 Å². The van der Waals surface area contributed by atoms with Gasteiger partial charge in [-0.3, -0.25) is 19.2 Å². The molecule has 10 nitrogen and oxygen atoms in total. The molecule has 1 saturated carbocycles.